The highest BCUT2D eigenvalue weighted by Crippen LogP contribution is 2.21. The number of hydrogen-bond donors (Lipinski definition) is 1. The van der Waals surface area contributed by atoms with Crippen LogP contribution in [-0.4, -0.2) is 42.8 Å². The summed E-state index contributed by atoms with van der Waals surface area (Å²) < 4.78 is 5.63. The molecule has 1 amide bonds. The zero-order valence-corrected chi connectivity index (χ0v) is 14.0. The molecule has 1 aliphatic heterocycles. The van der Waals surface area contributed by atoms with Crippen molar-refractivity contribution in [3.05, 3.63) is 0 Å². The van der Waals surface area contributed by atoms with Gasteiger partial charge in [0.2, 0.25) is 5.91 Å². The Morgan fingerprint density at radius 1 is 1.15 bits per heavy atom. The van der Waals surface area contributed by atoms with Crippen LogP contribution in [0.1, 0.15) is 48.0 Å². The van der Waals surface area contributed by atoms with Crippen LogP contribution in [0, 0.1) is 17.8 Å². The molecule has 0 aromatic carbocycles. The maximum atomic E-state index is 12.5. The summed E-state index contributed by atoms with van der Waals surface area (Å²) in [6.45, 7) is 15.0. The minimum absolute atomic E-state index is 0.0381. The van der Waals surface area contributed by atoms with Gasteiger partial charge in [0.05, 0.1) is 18.8 Å². The standard InChI is InChI=1S/C16H32N2O2/c1-11(2)9-14-17-15(13(5)6)16(19)18(14)7-8-20-10-12(3)4/h11-15,17H,7-10H2,1-6H3. The van der Waals surface area contributed by atoms with Crippen molar-refractivity contribution in [1.82, 2.24) is 10.2 Å². The maximum Gasteiger partial charge on any atom is 0.241 e. The summed E-state index contributed by atoms with van der Waals surface area (Å²) in [6.07, 6.45) is 1.16. The van der Waals surface area contributed by atoms with Gasteiger partial charge in [-0.05, 0) is 24.2 Å². The topological polar surface area (TPSA) is 41.6 Å². The predicted molar refractivity (Wildman–Crippen MR) is 82.4 cm³/mol. The third kappa shape index (κ3) is 5.06. The van der Waals surface area contributed by atoms with E-state index in [2.05, 4.69) is 46.9 Å². The maximum absolute atomic E-state index is 12.5. The Labute approximate surface area is 124 Å². The van der Waals surface area contributed by atoms with Crippen molar-refractivity contribution in [2.45, 2.75) is 60.2 Å². The monoisotopic (exact) mass is 284 g/mol. The van der Waals surface area contributed by atoms with Gasteiger partial charge < -0.3 is 9.64 Å². The van der Waals surface area contributed by atoms with Gasteiger partial charge in [0.25, 0.3) is 0 Å². The lowest BCUT2D eigenvalue weighted by molar-refractivity contribution is -0.131. The second kappa shape index (κ2) is 7.99. The van der Waals surface area contributed by atoms with Crippen molar-refractivity contribution >= 4 is 5.91 Å². The van der Waals surface area contributed by atoms with Gasteiger partial charge in [-0.3, -0.25) is 10.1 Å². The van der Waals surface area contributed by atoms with Gasteiger partial charge >= 0.3 is 0 Å². The fourth-order valence-electron chi connectivity index (χ4n) is 2.57. The minimum atomic E-state index is -0.0381. The smallest absolute Gasteiger partial charge is 0.241 e. The normalized spacial score (nSPS) is 23.6. The number of nitrogens with zero attached hydrogens (tertiary/aromatic N) is 1. The van der Waals surface area contributed by atoms with Crippen molar-refractivity contribution < 1.29 is 9.53 Å². The predicted octanol–water partition coefficient (Wildman–Crippen LogP) is 2.49. The molecular formula is C16H32N2O2. The van der Waals surface area contributed by atoms with Crippen LogP contribution in [-0.2, 0) is 9.53 Å². The Morgan fingerprint density at radius 2 is 1.80 bits per heavy atom. The molecule has 0 spiro atoms. The van der Waals surface area contributed by atoms with Gasteiger partial charge in [-0.1, -0.05) is 41.5 Å². The molecule has 20 heavy (non-hydrogen) atoms. The summed E-state index contributed by atoms with van der Waals surface area (Å²) >= 11 is 0. The van der Waals surface area contributed by atoms with E-state index in [1.54, 1.807) is 0 Å². The third-order valence-electron chi connectivity index (χ3n) is 3.59. The van der Waals surface area contributed by atoms with Crippen molar-refractivity contribution in [2.24, 2.45) is 17.8 Å². The third-order valence-corrected chi connectivity index (χ3v) is 3.59. The highest BCUT2D eigenvalue weighted by Gasteiger charge is 2.39. The molecule has 1 rings (SSSR count). The van der Waals surface area contributed by atoms with Gasteiger partial charge in [-0.25, -0.2) is 0 Å². The molecule has 4 nitrogen and oxygen atoms in total. The highest BCUT2D eigenvalue weighted by molar-refractivity contribution is 5.84. The van der Waals surface area contributed by atoms with E-state index in [1.807, 2.05) is 4.90 Å². The molecule has 1 fully saturated rings. The van der Waals surface area contributed by atoms with E-state index >= 15 is 0 Å². The summed E-state index contributed by atoms with van der Waals surface area (Å²) in [4.78, 5) is 14.5. The molecule has 0 bridgehead atoms. The molecule has 0 radical (unpaired) electrons. The lowest BCUT2D eigenvalue weighted by Gasteiger charge is -2.25. The van der Waals surface area contributed by atoms with Crippen molar-refractivity contribution in [1.29, 1.82) is 0 Å². The molecule has 0 saturated carbocycles. The van der Waals surface area contributed by atoms with Crippen LogP contribution < -0.4 is 5.32 Å². The number of amides is 1. The molecule has 2 atom stereocenters. The van der Waals surface area contributed by atoms with Crippen LogP contribution in [0.25, 0.3) is 0 Å². The van der Waals surface area contributed by atoms with Crippen molar-refractivity contribution in [2.75, 3.05) is 19.8 Å². The Kier molecular flexibility index (Phi) is 6.96. The molecular weight excluding hydrogens is 252 g/mol. The quantitative estimate of drug-likeness (QED) is 0.696. The van der Waals surface area contributed by atoms with Crippen LogP contribution in [0.3, 0.4) is 0 Å². The van der Waals surface area contributed by atoms with E-state index in [1.165, 1.54) is 0 Å². The molecule has 1 N–H and O–H groups in total. The van der Waals surface area contributed by atoms with Gasteiger partial charge in [0.15, 0.2) is 0 Å². The van der Waals surface area contributed by atoms with Gasteiger partial charge in [-0.2, -0.15) is 0 Å². The van der Waals surface area contributed by atoms with E-state index in [4.69, 9.17) is 4.74 Å². The highest BCUT2D eigenvalue weighted by atomic mass is 16.5. The number of carbonyl (C=O) groups excluding carboxylic acids is 1. The number of carbonyl (C=O) groups is 1. The molecule has 0 aromatic heterocycles. The van der Waals surface area contributed by atoms with E-state index in [-0.39, 0.29) is 18.1 Å². The molecule has 118 valence electrons. The summed E-state index contributed by atoms with van der Waals surface area (Å²) in [6, 6.07) is -0.0381. The van der Waals surface area contributed by atoms with Crippen LogP contribution >= 0.6 is 0 Å². The largest absolute Gasteiger partial charge is 0.379 e. The second-order valence-corrected chi connectivity index (χ2v) is 7.03. The van der Waals surface area contributed by atoms with E-state index in [0.717, 1.165) is 13.0 Å². The first-order valence-corrected chi connectivity index (χ1v) is 7.97. The van der Waals surface area contributed by atoms with Crippen LogP contribution in [0.2, 0.25) is 0 Å². The van der Waals surface area contributed by atoms with Crippen LogP contribution in [0.5, 0.6) is 0 Å². The lowest BCUT2D eigenvalue weighted by atomic mass is 10.0. The fraction of sp³-hybridized carbons (Fsp3) is 0.938. The Morgan fingerprint density at radius 3 is 2.30 bits per heavy atom. The average Bonchev–Trinajstić information content (AvgIpc) is 2.61. The zero-order valence-electron chi connectivity index (χ0n) is 14.0. The molecule has 1 saturated heterocycles. The summed E-state index contributed by atoms with van der Waals surface area (Å²) in [5.41, 5.74) is 0. The summed E-state index contributed by atoms with van der Waals surface area (Å²) in [5, 5.41) is 3.49. The number of ether oxygens (including phenoxy) is 1. The average molecular weight is 284 g/mol. The number of hydrogen-bond acceptors (Lipinski definition) is 3. The van der Waals surface area contributed by atoms with Gasteiger partial charge in [0, 0.05) is 13.2 Å². The Bertz CT molecular complexity index is 303. The molecule has 4 heteroatoms. The Hall–Kier alpha value is -0.610. The second-order valence-electron chi connectivity index (χ2n) is 7.03. The van der Waals surface area contributed by atoms with E-state index in [9.17, 15) is 4.79 Å². The first-order valence-electron chi connectivity index (χ1n) is 7.97. The summed E-state index contributed by atoms with van der Waals surface area (Å²) in [7, 11) is 0. The minimum Gasteiger partial charge on any atom is -0.379 e. The van der Waals surface area contributed by atoms with E-state index in [0.29, 0.717) is 30.9 Å². The lowest BCUT2D eigenvalue weighted by Crippen LogP contribution is -2.40. The van der Waals surface area contributed by atoms with Gasteiger partial charge in [-0.15, -0.1) is 0 Å². The van der Waals surface area contributed by atoms with E-state index < -0.39 is 0 Å². The number of nitrogens with one attached hydrogen (secondary N) is 1. The molecule has 1 heterocycles. The summed E-state index contributed by atoms with van der Waals surface area (Å²) in [5.74, 6) is 1.68. The van der Waals surface area contributed by atoms with Crippen LogP contribution in [0.15, 0.2) is 0 Å². The number of rotatable bonds is 8. The first kappa shape index (κ1) is 17.4. The SMILES string of the molecule is CC(C)COCCN1C(=O)C(C(C)C)NC1CC(C)C. The molecule has 2 unspecified atom stereocenters. The van der Waals surface area contributed by atoms with Crippen molar-refractivity contribution in [3.8, 4) is 0 Å². The van der Waals surface area contributed by atoms with Crippen molar-refractivity contribution in [3.63, 3.8) is 0 Å². The zero-order chi connectivity index (χ0) is 15.3. The Balaban J connectivity index is 2.55. The van der Waals surface area contributed by atoms with Gasteiger partial charge in [0.1, 0.15) is 0 Å². The molecule has 0 aliphatic carbocycles. The molecule has 1 aliphatic rings. The first-order chi connectivity index (χ1) is 9.32. The fourth-order valence-corrected chi connectivity index (χ4v) is 2.57. The van der Waals surface area contributed by atoms with Crippen LogP contribution in [0.4, 0.5) is 0 Å². The molecule has 0 aromatic rings.